The van der Waals surface area contributed by atoms with Crippen LogP contribution in [0.2, 0.25) is 5.02 Å². The maximum Gasteiger partial charge on any atom is 0.319 e. The molecule has 130 valence electrons. The van der Waals surface area contributed by atoms with Crippen molar-refractivity contribution in [2.75, 3.05) is 16.8 Å². The number of amides is 3. The van der Waals surface area contributed by atoms with Crippen molar-refractivity contribution in [1.82, 2.24) is 5.32 Å². The summed E-state index contributed by atoms with van der Waals surface area (Å²) in [6.07, 6.45) is 1.36. The average Bonchev–Trinajstić information content (AvgIpc) is 3.02. The Balaban J connectivity index is 1.59. The van der Waals surface area contributed by atoms with Gasteiger partial charge in [0.1, 0.15) is 0 Å². The molecule has 1 aliphatic rings. The molecule has 0 saturated heterocycles. The fraction of sp³-hybridized carbons (Fsp3) is 0.263. The van der Waals surface area contributed by atoms with E-state index < -0.39 is 0 Å². The van der Waals surface area contributed by atoms with Crippen molar-refractivity contribution in [1.29, 1.82) is 0 Å². The van der Waals surface area contributed by atoms with Crippen molar-refractivity contribution in [2.24, 2.45) is 0 Å². The van der Waals surface area contributed by atoms with Crippen molar-refractivity contribution in [3.63, 3.8) is 0 Å². The summed E-state index contributed by atoms with van der Waals surface area (Å²) in [5.74, 6) is 0.144. The normalized spacial score (nSPS) is 12.6. The summed E-state index contributed by atoms with van der Waals surface area (Å²) < 4.78 is 0. The minimum Gasteiger partial charge on any atom is -0.334 e. The van der Waals surface area contributed by atoms with Crippen LogP contribution in [0, 0.1) is 0 Å². The fourth-order valence-corrected chi connectivity index (χ4v) is 3.13. The van der Waals surface area contributed by atoms with Crippen LogP contribution in [0.5, 0.6) is 0 Å². The molecule has 3 amide bonds. The largest absolute Gasteiger partial charge is 0.334 e. The molecule has 6 heteroatoms. The Kier molecular flexibility index (Phi) is 5.24. The molecule has 0 radical (unpaired) electrons. The van der Waals surface area contributed by atoms with Crippen LogP contribution in [0.15, 0.2) is 42.5 Å². The van der Waals surface area contributed by atoms with Crippen molar-refractivity contribution in [2.45, 2.75) is 26.3 Å². The van der Waals surface area contributed by atoms with Crippen LogP contribution >= 0.6 is 11.6 Å². The molecule has 0 aromatic heterocycles. The first-order valence-electron chi connectivity index (χ1n) is 8.29. The summed E-state index contributed by atoms with van der Waals surface area (Å²) in [7, 11) is 0. The first kappa shape index (κ1) is 17.3. The standard InChI is InChI=1S/C19H20ClN3O2/c1-2-18(24)23-9-8-14-10-13(6-7-17(14)23)12-21-19(25)22-16-5-3-4-15(20)11-16/h3-7,10-11H,2,8-9,12H2,1H3,(H2,21,22,25). The van der Waals surface area contributed by atoms with E-state index in [1.807, 2.05) is 24.0 Å². The average molecular weight is 358 g/mol. The van der Waals surface area contributed by atoms with Crippen LogP contribution in [-0.4, -0.2) is 18.5 Å². The number of nitrogens with zero attached hydrogens (tertiary/aromatic N) is 1. The summed E-state index contributed by atoms with van der Waals surface area (Å²) in [5.41, 5.74) is 3.79. The third-order valence-corrected chi connectivity index (χ3v) is 4.41. The monoisotopic (exact) mass is 357 g/mol. The SMILES string of the molecule is CCC(=O)N1CCc2cc(CNC(=O)Nc3cccc(Cl)c3)ccc21. The van der Waals surface area contributed by atoms with Gasteiger partial charge >= 0.3 is 6.03 Å². The molecule has 0 atom stereocenters. The molecule has 3 rings (SSSR count). The van der Waals surface area contributed by atoms with Crippen molar-refractivity contribution in [3.8, 4) is 0 Å². The van der Waals surface area contributed by atoms with Gasteiger partial charge in [0.25, 0.3) is 0 Å². The zero-order valence-corrected chi connectivity index (χ0v) is 14.8. The Morgan fingerprint density at radius 2 is 2.04 bits per heavy atom. The first-order valence-corrected chi connectivity index (χ1v) is 8.67. The zero-order valence-electron chi connectivity index (χ0n) is 14.0. The molecule has 2 N–H and O–H groups in total. The molecule has 0 unspecified atom stereocenters. The third-order valence-electron chi connectivity index (χ3n) is 4.18. The molecule has 0 saturated carbocycles. The zero-order chi connectivity index (χ0) is 17.8. The molecule has 1 aliphatic heterocycles. The lowest BCUT2D eigenvalue weighted by Crippen LogP contribution is -2.28. The Morgan fingerprint density at radius 1 is 1.20 bits per heavy atom. The fourth-order valence-electron chi connectivity index (χ4n) is 2.94. The van der Waals surface area contributed by atoms with E-state index in [4.69, 9.17) is 11.6 Å². The van der Waals surface area contributed by atoms with Gasteiger partial charge in [0, 0.05) is 35.9 Å². The molecular formula is C19H20ClN3O2. The van der Waals surface area contributed by atoms with Gasteiger partial charge in [0.15, 0.2) is 0 Å². The highest BCUT2D eigenvalue weighted by atomic mass is 35.5. The van der Waals surface area contributed by atoms with Crippen molar-refractivity contribution in [3.05, 3.63) is 58.6 Å². The smallest absolute Gasteiger partial charge is 0.319 e. The lowest BCUT2D eigenvalue weighted by molar-refractivity contribution is -0.118. The molecule has 2 aromatic carbocycles. The number of urea groups is 1. The number of carbonyl (C=O) groups is 2. The molecule has 0 aliphatic carbocycles. The second kappa shape index (κ2) is 7.57. The van der Waals surface area contributed by atoms with Gasteiger partial charge in [-0.1, -0.05) is 36.7 Å². The van der Waals surface area contributed by atoms with Crippen LogP contribution in [0.4, 0.5) is 16.2 Å². The number of halogens is 1. The lowest BCUT2D eigenvalue weighted by Gasteiger charge is -2.16. The molecular weight excluding hydrogens is 338 g/mol. The summed E-state index contributed by atoms with van der Waals surface area (Å²) in [5, 5.41) is 6.15. The topological polar surface area (TPSA) is 61.4 Å². The van der Waals surface area contributed by atoms with E-state index in [-0.39, 0.29) is 11.9 Å². The predicted octanol–water partition coefficient (Wildman–Crippen LogP) is 3.96. The Bertz CT molecular complexity index is 807. The summed E-state index contributed by atoms with van der Waals surface area (Å²) in [4.78, 5) is 25.8. The minimum atomic E-state index is -0.287. The van der Waals surface area contributed by atoms with E-state index in [0.29, 0.717) is 23.7 Å². The number of rotatable bonds is 4. The highest BCUT2D eigenvalue weighted by Crippen LogP contribution is 2.29. The minimum absolute atomic E-state index is 0.144. The number of nitrogens with one attached hydrogen (secondary N) is 2. The number of fused-ring (bicyclic) bond motifs is 1. The van der Waals surface area contributed by atoms with E-state index >= 15 is 0 Å². The van der Waals surface area contributed by atoms with Gasteiger partial charge < -0.3 is 15.5 Å². The molecule has 1 heterocycles. The van der Waals surface area contributed by atoms with E-state index in [0.717, 1.165) is 29.8 Å². The number of hydrogen-bond acceptors (Lipinski definition) is 2. The van der Waals surface area contributed by atoms with Crippen molar-refractivity contribution < 1.29 is 9.59 Å². The first-order chi connectivity index (χ1) is 12.1. The number of carbonyl (C=O) groups excluding carboxylic acids is 2. The van der Waals surface area contributed by atoms with E-state index in [9.17, 15) is 9.59 Å². The molecule has 0 spiro atoms. The van der Waals surface area contributed by atoms with Gasteiger partial charge in [-0.25, -0.2) is 4.79 Å². The van der Waals surface area contributed by atoms with Gasteiger partial charge in [-0.3, -0.25) is 4.79 Å². The number of hydrogen-bond donors (Lipinski definition) is 2. The van der Waals surface area contributed by atoms with Crippen LogP contribution in [0.1, 0.15) is 24.5 Å². The second-order valence-corrected chi connectivity index (χ2v) is 6.37. The van der Waals surface area contributed by atoms with Crippen LogP contribution < -0.4 is 15.5 Å². The molecule has 2 aromatic rings. The Labute approximate surface area is 152 Å². The van der Waals surface area contributed by atoms with Gasteiger partial charge in [-0.15, -0.1) is 0 Å². The highest BCUT2D eigenvalue weighted by Gasteiger charge is 2.23. The quantitative estimate of drug-likeness (QED) is 0.870. The Hall–Kier alpha value is -2.53. The maximum atomic E-state index is 12.0. The molecule has 5 nitrogen and oxygen atoms in total. The Morgan fingerprint density at radius 3 is 2.80 bits per heavy atom. The predicted molar refractivity (Wildman–Crippen MR) is 100 cm³/mol. The van der Waals surface area contributed by atoms with E-state index in [2.05, 4.69) is 16.7 Å². The van der Waals surface area contributed by atoms with Gasteiger partial charge in [0.2, 0.25) is 5.91 Å². The summed E-state index contributed by atoms with van der Waals surface area (Å²) in [6, 6.07) is 12.7. The number of benzene rings is 2. The molecule has 0 bridgehead atoms. The van der Waals surface area contributed by atoms with Crippen LogP contribution in [0.3, 0.4) is 0 Å². The summed E-state index contributed by atoms with van der Waals surface area (Å²) >= 11 is 5.90. The summed E-state index contributed by atoms with van der Waals surface area (Å²) in [6.45, 7) is 3.02. The van der Waals surface area contributed by atoms with E-state index in [1.54, 1.807) is 24.3 Å². The van der Waals surface area contributed by atoms with Crippen LogP contribution in [0.25, 0.3) is 0 Å². The van der Waals surface area contributed by atoms with Crippen molar-refractivity contribution >= 4 is 34.9 Å². The van der Waals surface area contributed by atoms with Gasteiger partial charge in [0.05, 0.1) is 0 Å². The molecule has 0 fully saturated rings. The maximum absolute atomic E-state index is 12.0. The van der Waals surface area contributed by atoms with Gasteiger partial charge in [-0.05, 0) is 41.8 Å². The lowest BCUT2D eigenvalue weighted by atomic mass is 10.1. The second-order valence-electron chi connectivity index (χ2n) is 5.93. The number of anilines is 2. The molecule has 25 heavy (non-hydrogen) atoms. The third kappa shape index (κ3) is 4.12. The highest BCUT2D eigenvalue weighted by molar-refractivity contribution is 6.30. The van der Waals surface area contributed by atoms with E-state index in [1.165, 1.54) is 0 Å². The van der Waals surface area contributed by atoms with Gasteiger partial charge in [-0.2, -0.15) is 0 Å². The van der Waals surface area contributed by atoms with Crippen LogP contribution in [-0.2, 0) is 17.8 Å².